The van der Waals surface area contributed by atoms with Gasteiger partial charge in [-0.05, 0) is 41.5 Å². The molecule has 0 rings (SSSR count). The van der Waals surface area contributed by atoms with Crippen LogP contribution < -0.4 is 5.32 Å². The molecule has 0 unspecified atom stereocenters. The molecule has 0 atom stereocenters. The van der Waals surface area contributed by atoms with Crippen molar-refractivity contribution in [1.29, 1.82) is 0 Å². The normalized spacial score (nSPS) is 12.3. The van der Waals surface area contributed by atoms with Crippen LogP contribution >= 0.6 is 11.8 Å². The Bertz CT molecular complexity index is 343. The molecular weight excluding hydrogens is 268 g/mol. The van der Waals surface area contributed by atoms with Crippen LogP contribution in [0.25, 0.3) is 0 Å². The molecule has 0 bridgehead atoms. The van der Waals surface area contributed by atoms with Crippen molar-refractivity contribution in [2.45, 2.75) is 52.7 Å². The summed E-state index contributed by atoms with van der Waals surface area (Å²) in [5.74, 6) is 0.265. The number of amides is 2. The van der Waals surface area contributed by atoms with Gasteiger partial charge in [0.25, 0.3) is 0 Å². The van der Waals surface area contributed by atoms with Crippen molar-refractivity contribution in [1.82, 2.24) is 5.32 Å². The molecule has 19 heavy (non-hydrogen) atoms. The van der Waals surface area contributed by atoms with Gasteiger partial charge in [0.1, 0.15) is 11.2 Å². The quantitative estimate of drug-likeness (QED) is 0.374. The van der Waals surface area contributed by atoms with E-state index in [1.807, 2.05) is 0 Å². The van der Waals surface area contributed by atoms with E-state index in [4.69, 9.17) is 9.47 Å². The summed E-state index contributed by atoms with van der Waals surface area (Å²) in [5.41, 5.74) is 0.235. The number of nitrogens with zero attached hydrogens (tertiary/aromatic N) is 1. The number of hydrogen-bond donors (Lipinski definition) is 1. The van der Waals surface area contributed by atoms with E-state index in [2.05, 4.69) is 10.3 Å². The van der Waals surface area contributed by atoms with Crippen LogP contribution in [0.5, 0.6) is 0 Å². The first-order valence-corrected chi connectivity index (χ1v) is 6.88. The third-order valence-electron chi connectivity index (χ3n) is 1.32. The average Bonchev–Trinajstić information content (AvgIpc) is 2.10. The van der Waals surface area contributed by atoms with E-state index >= 15 is 0 Å². The van der Waals surface area contributed by atoms with E-state index in [0.717, 1.165) is 11.8 Å². The third kappa shape index (κ3) is 13.0. The molecule has 0 spiro atoms. The number of aliphatic imine (C=N–C) groups is 1. The van der Waals surface area contributed by atoms with Crippen molar-refractivity contribution >= 4 is 29.5 Å². The van der Waals surface area contributed by atoms with E-state index in [1.165, 1.54) is 5.55 Å². The van der Waals surface area contributed by atoms with Gasteiger partial charge in [-0.3, -0.25) is 0 Å². The Balaban J connectivity index is 3.81. The van der Waals surface area contributed by atoms with Gasteiger partial charge in [-0.1, -0.05) is 11.8 Å². The molecule has 0 aliphatic carbocycles. The summed E-state index contributed by atoms with van der Waals surface area (Å²) in [6.07, 6.45) is -1.16. The molecule has 0 radical (unpaired) electrons. The Hall–Kier alpha value is -1.24. The summed E-state index contributed by atoms with van der Waals surface area (Å²) < 4.78 is 10.0. The number of rotatable bonds is 3. The van der Waals surface area contributed by atoms with Gasteiger partial charge in [-0.15, -0.1) is 0 Å². The lowest BCUT2D eigenvalue weighted by Crippen LogP contribution is -2.32. The van der Waals surface area contributed by atoms with Gasteiger partial charge in [0.15, 0.2) is 0 Å². The van der Waals surface area contributed by atoms with Crippen LogP contribution in [-0.4, -0.2) is 34.8 Å². The predicted octanol–water partition coefficient (Wildman–Crippen LogP) is 3.17. The van der Waals surface area contributed by atoms with Crippen LogP contribution in [0.4, 0.5) is 9.59 Å². The number of carbonyl (C=O) groups excluding carboxylic acids is 2. The number of thioether (sulfide) groups is 1. The summed E-state index contributed by atoms with van der Waals surface area (Å²) in [6.45, 7) is 10.6. The fraction of sp³-hybridized carbons (Fsp3) is 0.750. The van der Waals surface area contributed by atoms with E-state index < -0.39 is 23.4 Å². The Morgan fingerprint density at radius 3 is 2.11 bits per heavy atom. The molecule has 6 nitrogen and oxygen atoms in total. The van der Waals surface area contributed by atoms with Crippen LogP contribution in [0.1, 0.15) is 41.5 Å². The van der Waals surface area contributed by atoms with E-state index in [-0.39, 0.29) is 5.88 Å². The number of alkyl carbamates (subject to hydrolysis) is 1. The molecule has 0 aliphatic rings. The molecule has 1 N–H and O–H groups in total. The van der Waals surface area contributed by atoms with Crippen LogP contribution in [0, 0.1) is 0 Å². The molecule has 0 heterocycles. The Morgan fingerprint density at radius 1 is 1.11 bits per heavy atom. The Morgan fingerprint density at radius 2 is 1.63 bits per heavy atom. The first kappa shape index (κ1) is 17.8. The molecule has 0 saturated heterocycles. The maximum atomic E-state index is 11.3. The van der Waals surface area contributed by atoms with Crippen molar-refractivity contribution in [3.05, 3.63) is 0 Å². The highest BCUT2D eigenvalue weighted by Crippen LogP contribution is 2.08. The largest absolute Gasteiger partial charge is 0.444 e. The zero-order valence-corrected chi connectivity index (χ0v) is 13.1. The van der Waals surface area contributed by atoms with Crippen molar-refractivity contribution in [2.75, 3.05) is 5.88 Å². The van der Waals surface area contributed by atoms with Crippen LogP contribution in [-0.2, 0) is 9.47 Å². The van der Waals surface area contributed by atoms with Crippen molar-refractivity contribution in [3.8, 4) is 0 Å². The minimum Gasteiger partial charge on any atom is -0.444 e. The van der Waals surface area contributed by atoms with Crippen molar-refractivity contribution < 1.29 is 19.1 Å². The fourth-order valence-corrected chi connectivity index (χ4v) is 1.26. The van der Waals surface area contributed by atoms with Gasteiger partial charge in [-0.2, -0.15) is 4.99 Å². The number of nitrogens with one attached hydrogen (secondary N) is 1. The van der Waals surface area contributed by atoms with E-state index in [0.29, 0.717) is 0 Å². The molecule has 0 aromatic carbocycles. The SMILES string of the molecule is CC(C)(C)OC(=O)N=CSCNC(=O)OC(C)(C)C. The first-order chi connectivity index (χ1) is 8.49. The van der Waals surface area contributed by atoms with Crippen molar-refractivity contribution in [3.63, 3.8) is 0 Å². The lowest BCUT2D eigenvalue weighted by Gasteiger charge is -2.19. The molecule has 0 saturated carbocycles. The second-order valence-electron chi connectivity index (χ2n) is 5.70. The smallest absolute Gasteiger partial charge is 0.434 e. The second kappa shape index (κ2) is 7.37. The predicted molar refractivity (Wildman–Crippen MR) is 76.6 cm³/mol. The minimum absolute atomic E-state index is 0.265. The summed E-state index contributed by atoms with van der Waals surface area (Å²) in [7, 11) is 0. The van der Waals surface area contributed by atoms with E-state index in [1.54, 1.807) is 41.5 Å². The number of ether oxygens (including phenoxy) is 2. The zero-order chi connectivity index (χ0) is 15.1. The molecule has 0 aromatic heterocycles. The molecule has 0 aliphatic heterocycles. The van der Waals surface area contributed by atoms with Crippen LogP contribution in [0.2, 0.25) is 0 Å². The Labute approximate surface area is 118 Å². The first-order valence-electron chi connectivity index (χ1n) is 5.83. The second-order valence-corrected chi connectivity index (χ2v) is 6.54. The maximum Gasteiger partial charge on any atom is 0.434 e. The summed E-state index contributed by atoms with van der Waals surface area (Å²) in [6, 6.07) is 0. The average molecular weight is 290 g/mol. The fourth-order valence-electron chi connectivity index (χ4n) is 0.821. The van der Waals surface area contributed by atoms with E-state index in [9.17, 15) is 9.59 Å². The van der Waals surface area contributed by atoms with Crippen LogP contribution in [0.15, 0.2) is 4.99 Å². The molecular formula is C12H22N2O4S. The third-order valence-corrected chi connectivity index (χ3v) is 1.89. The molecule has 0 aromatic rings. The number of hydrogen-bond acceptors (Lipinski definition) is 5. The molecule has 2 amide bonds. The lowest BCUT2D eigenvalue weighted by atomic mass is 10.2. The summed E-state index contributed by atoms with van der Waals surface area (Å²) in [5, 5.41) is 2.52. The zero-order valence-electron chi connectivity index (χ0n) is 12.3. The Kier molecular flexibility index (Phi) is 6.89. The molecule has 7 heteroatoms. The van der Waals surface area contributed by atoms with Crippen LogP contribution in [0.3, 0.4) is 0 Å². The standard InChI is InChI=1S/C12H22N2O4S/c1-11(2,3)17-9(15)13-7-19-8-14-10(16)18-12(4,5)6/h7H,8H2,1-6H3,(H,14,16). The summed E-state index contributed by atoms with van der Waals surface area (Å²) >= 11 is 1.16. The van der Waals surface area contributed by atoms with Gasteiger partial charge in [-0.25, -0.2) is 9.59 Å². The van der Waals surface area contributed by atoms with Gasteiger partial charge in [0.2, 0.25) is 0 Å². The summed E-state index contributed by atoms with van der Waals surface area (Å²) in [4.78, 5) is 26.0. The number of carbonyl (C=O) groups is 2. The lowest BCUT2D eigenvalue weighted by molar-refractivity contribution is 0.0537. The highest BCUT2D eigenvalue weighted by Gasteiger charge is 2.16. The minimum atomic E-state index is -0.655. The van der Waals surface area contributed by atoms with Gasteiger partial charge in [0.05, 0.1) is 11.4 Å². The highest BCUT2D eigenvalue weighted by molar-refractivity contribution is 8.12. The maximum absolute atomic E-state index is 11.3. The molecule has 110 valence electrons. The van der Waals surface area contributed by atoms with Gasteiger partial charge >= 0.3 is 12.2 Å². The topological polar surface area (TPSA) is 77.0 Å². The van der Waals surface area contributed by atoms with Gasteiger partial charge in [0, 0.05) is 0 Å². The molecule has 0 fully saturated rings. The monoisotopic (exact) mass is 290 g/mol. The van der Waals surface area contributed by atoms with Gasteiger partial charge < -0.3 is 14.8 Å². The van der Waals surface area contributed by atoms with Crippen molar-refractivity contribution in [2.24, 2.45) is 4.99 Å². The highest BCUT2D eigenvalue weighted by atomic mass is 32.2.